The third-order valence-electron chi connectivity index (χ3n) is 6.24. The number of anilines is 2. The lowest BCUT2D eigenvalue weighted by Gasteiger charge is -2.12. The molecule has 1 aromatic heterocycles. The lowest BCUT2D eigenvalue weighted by Crippen LogP contribution is -2.30. The van der Waals surface area contributed by atoms with Gasteiger partial charge in [-0.15, -0.1) is 23.1 Å². The number of nitrogens with zero attached hydrogens (tertiary/aromatic N) is 1. The Balaban J connectivity index is 1.23. The first-order valence-electron chi connectivity index (χ1n) is 13.5. The molecule has 4 aromatic carbocycles. The molecule has 0 bridgehead atoms. The number of rotatable bonds is 10. The summed E-state index contributed by atoms with van der Waals surface area (Å²) < 4.78 is 0. The molecule has 0 radical (unpaired) electrons. The molecule has 0 saturated heterocycles. The minimum atomic E-state index is -0.478. The molecule has 0 atom stereocenters. The van der Waals surface area contributed by atoms with Crippen molar-refractivity contribution in [3.05, 3.63) is 136 Å². The van der Waals surface area contributed by atoms with Crippen molar-refractivity contribution in [3.8, 4) is 11.3 Å². The van der Waals surface area contributed by atoms with Gasteiger partial charge in [0, 0.05) is 32.1 Å². The van der Waals surface area contributed by atoms with E-state index in [-0.39, 0.29) is 17.4 Å². The Kier molecular flexibility index (Phi) is 10.2. The average molecular weight is 639 g/mol. The Morgan fingerprint density at radius 3 is 2.45 bits per heavy atom. The number of hydrogen-bond donors (Lipinski definition) is 3. The summed E-state index contributed by atoms with van der Waals surface area (Å²) in [6.45, 7) is 1.96. The lowest BCUT2D eigenvalue weighted by atomic mass is 10.1. The van der Waals surface area contributed by atoms with Gasteiger partial charge < -0.3 is 16.0 Å². The zero-order chi connectivity index (χ0) is 30.9. The van der Waals surface area contributed by atoms with Gasteiger partial charge >= 0.3 is 0 Å². The molecule has 1 heterocycles. The number of carbonyl (C=O) groups excluding carboxylic acids is 3. The summed E-state index contributed by atoms with van der Waals surface area (Å²) in [4.78, 5) is 44.2. The van der Waals surface area contributed by atoms with Crippen LogP contribution in [0.5, 0.6) is 0 Å². The van der Waals surface area contributed by atoms with Crippen molar-refractivity contribution < 1.29 is 14.4 Å². The molecule has 0 saturated carbocycles. The zero-order valence-corrected chi connectivity index (χ0v) is 25.9. The van der Waals surface area contributed by atoms with E-state index in [1.54, 1.807) is 54.6 Å². The molecule has 7 nitrogen and oxygen atoms in total. The number of halogens is 1. The second kappa shape index (κ2) is 14.7. The van der Waals surface area contributed by atoms with Crippen LogP contribution in [0.4, 0.5) is 10.8 Å². The molecule has 44 heavy (non-hydrogen) atoms. The van der Waals surface area contributed by atoms with E-state index in [9.17, 15) is 14.4 Å². The number of carbonyl (C=O) groups is 3. The lowest BCUT2D eigenvalue weighted by molar-refractivity contribution is -0.114. The summed E-state index contributed by atoms with van der Waals surface area (Å²) in [6, 6.07) is 30.9. The maximum atomic E-state index is 13.4. The fourth-order valence-corrected chi connectivity index (χ4v) is 5.87. The molecule has 0 aliphatic carbocycles. The fraction of sp³-hybridized carbons (Fsp3) is 0.0588. The smallest absolute Gasteiger partial charge is 0.272 e. The van der Waals surface area contributed by atoms with Gasteiger partial charge in [0.1, 0.15) is 5.70 Å². The number of nitrogens with one attached hydrogen (secondary N) is 3. The third-order valence-corrected chi connectivity index (χ3v) is 8.33. The van der Waals surface area contributed by atoms with Crippen LogP contribution >= 0.6 is 34.7 Å². The summed E-state index contributed by atoms with van der Waals surface area (Å²) >= 11 is 8.92. The van der Waals surface area contributed by atoms with E-state index >= 15 is 0 Å². The van der Waals surface area contributed by atoms with Crippen LogP contribution in [0.1, 0.15) is 21.5 Å². The van der Waals surface area contributed by atoms with Crippen molar-refractivity contribution in [2.75, 3.05) is 16.4 Å². The van der Waals surface area contributed by atoms with Crippen molar-refractivity contribution in [2.45, 2.75) is 11.8 Å². The molecule has 0 aliphatic heterocycles. The summed E-state index contributed by atoms with van der Waals surface area (Å²) in [5.74, 6) is -0.941. The first kappa shape index (κ1) is 30.7. The van der Waals surface area contributed by atoms with E-state index < -0.39 is 11.8 Å². The number of amides is 3. The van der Waals surface area contributed by atoms with Gasteiger partial charge in [-0.05, 0) is 55.0 Å². The standard InChI is InChI=1S/C34H27ClN4O3S2/c1-22-9-7-10-23(17-22)18-29(37-32(41)24-11-3-2-4-12-24)33(42)36-25-13-8-14-26(19-25)43-21-31(40)39-34-38-30(20-44-34)27-15-5-6-16-28(27)35/h2-20H,21H2,1H3,(H,36,42)(H,37,41)(H,38,39,40)/b29-18+. The van der Waals surface area contributed by atoms with Crippen molar-refractivity contribution in [3.63, 3.8) is 0 Å². The van der Waals surface area contributed by atoms with Crippen molar-refractivity contribution in [2.24, 2.45) is 0 Å². The Bertz CT molecular complexity index is 1840. The Labute approximate surface area is 268 Å². The van der Waals surface area contributed by atoms with Gasteiger partial charge in [-0.3, -0.25) is 14.4 Å². The first-order chi connectivity index (χ1) is 21.3. The quantitative estimate of drug-likeness (QED) is 0.107. The molecule has 0 aliphatic rings. The van der Waals surface area contributed by atoms with Crippen molar-refractivity contribution in [1.29, 1.82) is 0 Å². The van der Waals surface area contributed by atoms with E-state index in [0.29, 0.717) is 27.1 Å². The molecular formula is C34H27ClN4O3S2. The number of hydrogen-bond acceptors (Lipinski definition) is 6. The van der Waals surface area contributed by atoms with Gasteiger partial charge in [0.05, 0.1) is 11.4 Å². The largest absolute Gasteiger partial charge is 0.321 e. The predicted molar refractivity (Wildman–Crippen MR) is 180 cm³/mol. The van der Waals surface area contributed by atoms with E-state index in [2.05, 4.69) is 20.9 Å². The van der Waals surface area contributed by atoms with Gasteiger partial charge in [-0.25, -0.2) is 4.98 Å². The molecule has 5 aromatic rings. The maximum absolute atomic E-state index is 13.4. The summed E-state index contributed by atoms with van der Waals surface area (Å²) in [5.41, 5.74) is 4.36. The second-order valence-corrected chi connectivity index (χ2v) is 11.9. The first-order valence-corrected chi connectivity index (χ1v) is 15.8. The van der Waals surface area contributed by atoms with Gasteiger partial charge in [0.15, 0.2) is 5.13 Å². The minimum absolute atomic E-state index is 0.0986. The molecular weight excluding hydrogens is 612 g/mol. The molecule has 0 fully saturated rings. The third kappa shape index (κ3) is 8.44. The predicted octanol–water partition coefficient (Wildman–Crippen LogP) is 7.91. The normalized spacial score (nSPS) is 11.1. The number of thioether (sulfide) groups is 1. The number of benzene rings is 4. The van der Waals surface area contributed by atoms with Gasteiger partial charge in [-0.1, -0.05) is 83.9 Å². The highest BCUT2D eigenvalue weighted by Gasteiger charge is 2.16. The molecule has 10 heteroatoms. The zero-order valence-electron chi connectivity index (χ0n) is 23.5. The van der Waals surface area contributed by atoms with Crippen LogP contribution in [0.25, 0.3) is 17.3 Å². The summed E-state index contributed by atoms with van der Waals surface area (Å²) in [6.07, 6.45) is 1.64. The van der Waals surface area contributed by atoms with E-state index in [1.165, 1.54) is 23.1 Å². The highest BCUT2D eigenvalue weighted by molar-refractivity contribution is 8.00. The number of aryl methyl sites for hydroxylation is 1. The molecule has 0 spiro atoms. The summed E-state index contributed by atoms with van der Waals surface area (Å²) in [7, 11) is 0. The monoisotopic (exact) mass is 638 g/mol. The van der Waals surface area contributed by atoms with Crippen molar-refractivity contribution >= 4 is 69.3 Å². The molecule has 5 rings (SSSR count). The second-order valence-electron chi connectivity index (χ2n) is 9.63. The van der Waals surface area contributed by atoms with Gasteiger partial charge in [0.25, 0.3) is 11.8 Å². The molecule has 3 amide bonds. The maximum Gasteiger partial charge on any atom is 0.272 e. The number of thiazole rings is 1. The number of aromatic nitrogens is 1. The Hall–Kier alpha value is -4.70. The highest BCUT2D eigenvalue weighted by Crippen LogP contribution is 2.30. The van der Waals surface area contributed by atoms with Crippen molar-refractivity contribution in [1.82, 2.24) is 10.3 Å². The molecule has 0 unspecified atom stereocenters. The van der Waals surface area contributed by atoms with E-state index in [4.69, 9.17) is 11.6 Å². The Morgan fingerprint density at radius 2 is 1.66 bits per heavy atom. The topological polar surface area (TPSA) is 100 Å². The van der Waals surface area contributed by atoms with Crippen LogP contribution in [0, 0.1) is 6.92 Å². The fourth-order valence-electron chi connectivity index (χ4n) is 4.16. The van der Waals surface area contributed by atoms with Crippen LogP contribution in [-0.4, -0.2) is 28.5 Å². The van der Waals surface area contributed by atoms with Crippen LogP contribution in [0.2, 0.25) is 5.02 Å². The van der Waals surface area contributed by atoms with E-state index in [0.717, 1.165) is 21.6 Å². The van der Waals surface area contributed by atoms with Crippen LogP contribution in [0.3, 0.4) is 0 Å². The van der Waals surface area contributed by atoms with Gasteiger partial charge in [-0.2, -0.15) is 0 Å². The minimum Gasteiger partial charge on any atom is -0.321 e. The van der Waals surface area contributed by atoms with Crippen LogP contribution < -0.4 is 16.0 Å². The summed E-state index contributed by atoms with van der Waals surface area (Å²) in [5, 5.41) is 11.4. The Morgan fingerprint density at radius 1 is 0.886 bits per heavy atom. The average Bonchev–Trinajstić information content (AvgIpc) is 3.48. The highest BCUT2D eigenvalue weighted by atomic mass is 35.5. The van der Waals surface area contributed by atoms with Gasteiger partial charge in [0.2, 0.25) is 5.91 Å². The van der Waals surface area contributed by atoms with Crippen LogP contribution in [0.15, 0.2) is 119 Å². The van der Waals surface area contributed by atoms with E-state index in [1.807, 2.05) is 66.9 Å². The molecule has 220 valence electrons. The SMILES string of the molecule is Cc1cccc(/C=C(/NC(=O)c2ccccc2)C(=O)Nc2cccc(SCC(=O)Nc3nc(-c4ccccc4Cl)cs3)c2)c1. The molecule has 3 N–H and O–H groups in total. The van der Waals surface area contributed by atoms with Crippen LogP contribution in [-0.2, 0) is 9.59 Å².